The Morgan fingerprint density at radius 3 is 2.22 bits per heavy atom. The Kier molecular flexibility index (Phi) is 4.54. The van der Waals surface area contributed by atoms with Gasteiger partial charge in [-0.2, -0.15) is 0 Å². The van der Waals surface area contributed by atoms with E-state index in [2.05, 4.69) is 10.6 Å². The molecule has 132 valence electrons. The number of rotatable bonds is 4. The van der Waals surface area contributed by atoms with Gasteiger partial charge < -0.3 is 10.6 Å². The van der Waals surface area contributed by atoms with Crippen molar-refractivity contribution in [3.8, 4) is 11.3 Å². The summed E-state index contributed by atoms with van der Waals surface area (Å²) in [7, 11) is 1.86. The number of carbonyl (C=O) groups excluding carboxylic acids is 1. The molecule has 0 saturated carbocycles. The zero-order chi connectivity index (χ0) is 18.6. The largest absolute Gasteiger partial charge is 0.388 e. The fourth-order valence-corrected chi connectivity index (χ4v) is 3.04. The van der Waals surface area contributed by atoms with Crippen molar-refractivity contribution in [2.45, 2.75) is 0 Å². The molecule has 0 aliphatic carbocycles. The molecule has 4 heteroatoms. The summed E-state index contributed by atoms with van der Waals surface area (Å²) in [6.45, 7) is 0. The molecule has 4 rings (SSSR count). The maximum atomic E-state index is 13.0. The summed E-state index contributed by atoms with van der Waals surface area (Å²) in [5, 5.41) is 6.89. The van der Waals surface area contributed by atoms with Crippen LogP contribution in [0.5, 0.6) is 0 Å². The van der Waals surface area contributed by atoms with Gasteiger partial charge in [0, 0.05) is 29.4 Å². The number of hydrogen-bond donors (Lipinski definition) is 2. The van der Waals surface area contributed by atoms with E-state index in [-0.39, 0.29) is 5.91 Å². The molecule has 1 aromatic heterocycles. The average molecular weight is 353 g/mol. The number of pyridine rings is 1. The lowest BCUT2D eigenvalue weighted by Gasteiger charge is -2.11. The molecule has 0 unspecified atom stereocenters. The molecule has 0 aliphatic rings. The number of hydrogen-bond acceptors (Lipinski definition) is 3. The molecule has 27 heavy (non-hydrogen) atoms. The van der Waals surface area contributed by atoms with E-state index < -0.39 is 0 Å². The van der Waals surface area contributed by atoms with Gasteiger partial charge in [-0.25, -0.2) is 4.98 Å². The van der Waals surface area contributed by atoms with Gasteiger partial charge in [0.05, 0.1) is 16.8 Å². The predicted molar refractivity (Wildman–Crippen MR) is 111 cm³/mol. The molecule has 1 heterocycles. The summed E-state index contributed by atoms with van der Waals surface area (Å²) in [5.74, 6) is -0.150. The number of aromatic nitrogens is 1. The number of fused-ring (bicyclic) bond motifs is 1. The highest BCUT2D eigenvalue weighted by atomic mass is 16.1. The molecule has 0 fully saturated rings. The van der Waals surface area contributed by atoms with E-state index in [1.165, 1.54) is 0 Å². The molecule has 0 aliphatic heterocycles. The van der Waals surface area contributed by atoms with Gasteiger partial charge in [-0.1, -0.05) is 48.5 Å². The monoisotopic (exact) mass is 353 g/mol. The van der Waals surface area contributed by atoms with E-state index >= 15 is 0 Å². The first-order valence-corrected chi connectivity index (χ1v) is 8.79. The number of nitrogens with one attached hydrogen (secondary N) is 2. The van der Waals surface area contributed by atoms with Gasteiger partial charge in [-0.05, 0) is 36.4 Å². The van der Waals surface area contributed by atoms with E-state index in [0.29, 0.717) is 5.56 Å². The summed E-state index contributed by atoms with van der Waals surface area (Å²) in [4.78, 5) is 17.7. The smallest absolute Gasteiger partial charge is 0.256 e. The average Bonchev–Trinajstić information content (AvgIpc) is 2.74. The second-order valence-electron chi connectivity index (χ2n) is 6.22. The summed E-state index contributed by atoms with van der Waals surface area (Å²) < 4.78 is 0. The summed E-state index contributed by atoms with van der Waals surface area (Å²) in [6.07, 6.45) is 0. The van der Waals surface area contributed by atoms with Crippen LogP contribution in [0.4, 0.5) is 11.4 Å². The molecule has 0 atom stereocenters. The first-order valence-electron chi connectivity index (χ1n) is 8.79. The Morgan fingerprint density at radius 2 is 1.48 bits per heavy atom. The summed E-state index contributed by atoms with van der Waals surface area (Å²) in [5.41, 5.74) is 4.92. The third kappa shape index (κ3) is 3.51. The van der Waals surface area contributed by atoms with Crippen molar-refractivity contribution in [1.29, 1.82) is 0 Å². The molecular weight excluding hydrogens is 334 g/mol. The van der Waals surface area contributed by atoms with Gasteiger partial charge in [-0.15, -0.1) is 0 Å². The Labute approximate surface area is 157 Å². The lowest BCUT2D eigenvalue weighted by Crippen LogP contribution is -2.13. The van der Waals surface area contributed by atoms with Crippen LogP contribution in [0.2, 0.25) is 0 Å². The molecule has 4 nitrogen and oxygen atoms in total. The molecule has 2 N–H and O–H groups in total. The van der Waals surface area contributed by atoms with E-state index in [9.17, 15) is 4.79 Å². The minimum Gasteiger partial charge on any atom is -0.388 e. The SMILES string of the molecule is CNc1ccc(NC(=O)c2cc(-c3ccccc3)nc3ccccc23)cc1. The third-order valence-electron chi connectivity index (χ3n) is 4.46. The molecule has 0 radical (unpaired) electrons. The van der Waals surface area contributed by atoms with Crippen LogP contribution >= 0.6 is 0 Å². The fraction of sp³-hybridized carbons (Fsp3) is 0.0435. The van der Waals surface area contributed by atoms with Gasteiger partial charge >= 0.3 is 0 Å². The van der Waals surface area contributed by atoms with E-state index in [1.807, 2.05) is 92.0 Å². The van der Waals surface area contributed by atoms with Crippen LogP contribution in [0.1, 0.15) is 10.4 Å². The van der Waals surface area contributed by atoms with E-state index in [4.69, 9.17) is 4.98 Å². The molecular formula is C23H19N3O. The molecule has 0 bridgehead atoms. The molecule has 3 aromatic carbocycles. The molecule has 4 aromatic rings. The molecule has 0 spiro atoms. The van der Waals surface area contributed by atoms with Crippen LogP contribution in [0, 0.1) is 0 Å². The maximum absolute atomic E-state index is 13.0. The van der Waals surface area contributed by atoms with Gasteiger partial charge in [0.25, 0.3) is 5.91 Å². The highest BCUT2D eigenvalue weighted by Crippen LogP contribution is 2.25. The Balaban J connectivity index is 1.75. The van der Waals surface area contributed by atoms with E-state index in [0.717, 1.165) is 33.5 Å². The molecule has 1 amide bonds. The van der Waals surface area contributed by atoms with Gasteiger partial charge in [0.15, 0.2) is 0 Å². The first kappa shape index (κ1) is 16.8. The van der Waals surface area contributed by atoms with E-state index in [1.54, 1.807) is 0 Å². The number of anilines is 2. The minimum absolute atomic E-state index is 0.150. The maximum Gasteiger partial charge on any atom is 0.256 e. The number of benzene rings is 3. The summed E-state index contributed by atoms with van der Waals surface area (Å²) >= 11 is 0. The lowest BCUT2D eigenvalue weighted by molar-refractivity contribution is 0.102. The zero-order valence-corrected chi connectivity index (χ0v) is 14.9. The molecule has 0 saturated heterocycles. The third-order valence-corrected chi connectivity index (χ3v) is 4.46. The summed E-state index contributed by atoms with van der Waals surface area (Å²) in [6, 6.07) is 27.1. The van der Waals surface area contributed by atoms with Crippen molar-refractivity contribution in [2.24, 2.45) is 0 Å². The van der Waals surface area contributed by atoms with Crippen molar-refractivity contribution in [3.05, 3.63) is 90.5 Å². The normalized spacial score (nSPS) is 10.6. The van der Waals surface area contributed by atoms with Crippen molar-refractivity contribution < 1.29 is 4.79 Å². The van der Waals surface area contributed by atoms with Crippen LogP contribution in [-0.4, -0.2) is 17.9 Å². The van der Waals surface area contributed by atoms with Crippen molar-refractivity contribution in [1.82, 2.24) is 4.98 Å². The second-order valence-corrected chi connectivity index (χ2v) is 6.22. The van der Waals surface area contributed by atoms with Gasteiger partial charge in [0.2, 0.25) is 0 Å². The van der Waals surface area contributed by atoms with Crippen LogP contribution in [-0.2, 0) is 0 Å². The Hall–Kier alpha value is -3.66. The van der Waals surface area contributed by atoms with Crippen LogP contribution < -0.4 is 10.6 Å². The Morgan fingerprint density at radius 1 is 0.815 bits per heavy atom. The van der Waals surface area contributed by atoms with Gasteiger partial charge in [-0.3, -0.25) is 4.79 Å². The Bertz CT molecular complexity index is 1090. The number of carbonyl (C=O) groups is 1. The van der Waals surface area contributed by atoms with Crippen LogP contribution in [0.25, 0.3) is 22.2 Å². The minimum atomic E-state index is -0.150. The predicted octanol–water partition coefficient (Wildman–Crippen LogP) is 5.20. The number of para-hydroxylation sites is 1. The number of nitrogens with zero attached hydrogens (tertiary/aromatic N) is 1. The van der Waals surface area contributed by atoms with Crippen molar-refractivity contribution in [2.75, 3.05) is 17.7 Å². The zero-order valence-electron chi connectivity index (χ0n) is 14.9. The second kappa shape index (κ2) is 7.30. The topological polar surface area (TPSA) is 54.0 Å². The fourth-order valence-electron chi connectivity index (χ4n) is 3.04. The first-order chi connectivity index (χ1) is 13.2. The standard InChI is InChI=1S/C23H19N3O/c1-24-17-11-13-18(14-12-17)25-23(27)20-15-22(16-7-3-2-4-8-16)26-21-10-6-5-9-19(20)21/h2-15,24H,1H3,(H,25,27). The number of amides is 1. The van der Waals surface area contributed by atoms with Crippen LogP contribution in [0.15, 0.2) is 84.9 Å². The quantitative estimate of drug-likeness (QED) is 0.530. The van der Waals surface area contributed by atoms with Crippen molar-refractivity contribution >= 4 is 28.2 Å². The highest BCUT2D eigenvalue weighted by Gasteiger charge is 2.14. The van der Waals surface area contributed by atoms with Crippen LogP contribution in [0.3, 0.4) is 0 Å². The highest BCUT2D eigenvalue weighted by molar-refractivity contribution is 6.13. The lowest BCUT2D eigenvalue weighted by atomic mass is 10.0. The van der Waals surface area contributed by atoms with Gasteiger partial charge in [0.1, 0.15) is 0 Å². The van der Waals surface area contributed by atoms with Crippen molar-refractivity contribution in [3.63, 3.8) is 0 Å².